The minimum absolute atomic E-state index is 0.0497. The second-order valence-electron chi connectivity index (χ2n) is 6.29. The summed E-state index contributed by atoms with van der Waals surface area (Å²) in [6.07, 6.45) is -0.357. The molecule has 0 aliphatic carbocycles. The molecule has 0 bridgehead atoms. The smallest absolute Gasteiger partial charge is 0.410 e. The van der Waals surface area contributed by atoms with Crippen LogP contribution in [0.25, 0.3) is 0 Å². The number of nitrogens with one attached hydrogen (secondary N) is 1. The molecule has 1 heterocycles. The van der Waals surface area contributed by atoms with Crippen LogP contribution >= 0.6 is 0 Å². The number of carbonyl (C=O) groups excluding carboxylic acids is 1. The zero-order chi connectivity index (χ0) is 16.3. The molecular weight excluding hydrogens is 286 g/mol. The molecule has 1 N–H and O–H groups in total. The van der Waals surface area contributed by atoms with E-state index in [1.807, 2.05) is 26.8 Å². The zero-order valence-electron chi connectivity index (χ0n) is 13.0. The third-order valence-corrected chi connectivity index (χ3v) is 3.31. The van der Waals surface area contributed by atoms with Gasteiger partial charge in [-0.3, -0.25) is 10.1 Å². The highest BCUT2D eigenvalue weighted by Crippen LogP contribution is 2.22. The summed E-state index contributed by atoms with van der Waals surface area (Å²) >= 11 is 0. The van der Waals surface area contributed by atoms with E-state index in [-0.39, 0.29) is 17.8 Å². The number of ether oxygens (including phenoxy) is 1. The average Bonchev–Trinajstić information content (AvgIpc) is 2.46. The number of piperazine rings is 1. The van der Waals surface area contributed by atoms with Crippen molar-refractivity contribution in [2.24, 2.45) is 0 Å². The van der Waals surface area contributed by atoms with Gasteiger partial charge in [-0.15, -0.1) is 0 Å². The molecule has 1 aromatic carbocycles. The van der Waals surface area contributed by atoms with Crippen molar-refractivity contribution in [3.63, 3.8) is 0 Å². The summed E-state index contributed by atoms with van der Waals surface area (Å²) in [4.78, 5) is 24.2. The Morgan fingerprint density at radius 2 is 2.18 bits per heavy atom. The van der Waals surface area contributed by atoms with Crippen LogP contribution in [-0.4, -0.2) is 41.2 Å². The van der Waals surface area contributed by atoms with Crippen molar-refractivity contribution in [2.75, 3.05) is 19.6 Å². The number of nitrogens with zero attached hydrogens (tertiary/aromatic N) is 2. The van der Waals surface area contributed by atoms with Gasteiger partial charge in [0.1, 0.15) is 5.60 Å². The largest absolute Gasteiger partial charge is 0.444 e. The Morgan fingerprint density at radius 3 is 2.82 bits per heavy atom. The molecule has 1 unspecified atom stereocenters. The van der Waals surface area contributed by atoms with Crippen LogP contribution in [0.1, 0.15) is 32.4 Å². The molecular formula is C15H21N3O4. The van der Waals surface area contributed by atoms with Gasteiger partial charge in [0, 0.05) is 31.8 Å². The van der Waals surface area contributed by atoms with Crippen molar-refractivity contribution >= 4 is 11.8 Å². The van der Waals surface area contributed by atoms with Crippen LogP contribution in [-0.2, 0) is 4.74 Å². The first-order valence-electron chi connectivity index (χ1n) is 7.22. The van der Waals surface area contributed by atoms with Crippen LogP contribution in [0.2, 0.25) is 0 Å². The summed E-state index contributed by atoms with van der Waals surface area (Å²) in [5.41, 5.74) is 0.305. The maximum atomic E-state index is 12.1. The summed E-state index contributed by atoms with van der Waals surface area (Å²) in [6, 6.07) is 6.33. The fourth-order valence-corrected chi connectivity index (χ4v) is 2.32. The predicted octanol–water partition coefficient (Wildman–Crippen LogP) is 2.48. The summed E-state index contributed by atoms with van der Waals surface area (Å²) in [5.74, 6) is 0. The van der Waals surface area contributed by atoms with Gasteiger partial charge in [-0.1, -0.05) is 12.1 Å². The van der Waals surface area contributed by atoms with Crippen molar-refractivity contribution in [3.8, 4) is 0 Å². The van der Waals surface area contributed by atoms with Gasteiger partial charge in [0.2, 0.25) is 0 Å². The number of benzene rings is 1. The molecule has 1 aromatic rings. The molecule has 1 fully saturated rings. The van der Waals surface area contributed by atoms with Crippen molar-refractivity contribution in [1.29, 1.82) is 0 Å². The third kappa shape index (κ3) is 4.17. The number of non-ortho nitro benzene ring substituents is 1. The number of carbonyl (C=O) groups is 1. The molecule has 1 atom stereocenters. The fraction of sp³-hybridized carbons (Fsp3) is 0.533. The predicted molar refractivity (Wildman–Crippen MR) is 81.6 cm³/mol. The zero-order valence-corrected chi connectivity index (χ0v) is 13.0. The van der Waals surface area contributed by atoms with Gasteiger partial charge in [-0.25, -0.2) is 4.79 Å². The Kier molecular flexibility index (Phi) is 4.65. The first kappa shape index (κ1) is 16.2. The fourth-order valence-electron chi connectivity index (χ4n) is 2.32. The van der Waals surface area contributed by atoms with E-state index < -0.39 is 10.5 Å². The molecule has 7 heteroatoms. The molecule has 1 aliphatic rings. The van der Waals surface area contributed by atoms with Crippen LogP contribution in [0, 0.1) is 10.1 Å². The van der Waals surface area contributed by atoms with E-state index in [0.29, 0.717) is 19.6 Å². The highest BCUT2D eigenvalue weighted by atomic mass is 16.6. The van der Waals surface area contributed by atoms with Gasteiger partial charge in [0.15, 0.2) is 0 Å². The number of nitro groups is 1. The summed E-state index contributed by atoms with van der Waals surface area (Å²) in [5, 5.41) is 14.1. The van der Waals surface area contributed by atoms with Gasteiger partial charge in [0.05, 0.1) is 11.0 Å². The van der Waals surface area contributed by atoms with Crippen LogP contribution in [0.3, 0.4) is 0 Å². The highest BCUT2D eigenvalue weighted by molar-refractivity contribution is 5.68. The van der Waals surface area contributed by atoms with Gasteiger partial charge in [-0.2, -0.15) is 0 Å². The van der Waals surface area contributed by atoms with Crippen LogP contribution in [0.5, 0.6) is 0 Å². The lowest BCUT2D eigenvalue weighted by molar-refractivity contribution is -0.384. The molecule has 0 spiro atoms. The molecule has 1 saturated heterocycles. The summed E-state index contributed by atoms with van der Waals surface area (Å²) in [7, 11) is 0. The van der Waals surface area contributed by atoms with Gasteiger partial charge < -0.3 is 15.0 Å². The minimum atomic E-state index is -0.539. The number of nitro benzene ring substituents is 1. The van der Waals surface area contributed by atoms with Gasteiger partial charge in [0.25, 0.3) is 5.69 Å². The highest BCUT2D eigenvalue weighted by Gasteiger charge is 2.28. The molecule has 120 valence electrons. The Morgan fingerprint density at radius 1 is 1.45 bits per heavy atom. The first-order chi connectivity index (χ1) is 10.3. The molecule has 7 nitrogen and oxygen atoms in total. The van der Waals surface area contributed by atoms with E-state index in [1.165, 1.54) is 12.1 Å². The SMILES string of the molecule is CC(C)(C)OC(=O)N1CCNC(c2cccc([N+](=O)[O-])c2)C1. The number of hydrogen-bond donors (Lipinski definition) is 1. The quantitative estimate of drug-likeness (QED) is 0.670. The molecule has 0 saturated carbocycles. The van der Waals surface area contributed by atoms with Crippen molar-refractivity contribution in [1.82, 2.24) is 10.2 Å². The third-order valence-electron chi connectivity index (χ3n) is 3.31. The van der Waals surface area contributed by atoms with Crippen LogP contribution in [0.4, 0.5) is 10.5 Å². The number of hydrogen-bond acceptors (Lipinski definition) is 5. The standard InChI is InChI=1S/C15H21N3O4/c1-15(2,3)22-14(19)17-8-7-16-13(10-17)11-5-4-6-12(9-11)18(20)21/h4-6,9,13,16H,7-8,10H2,1-3H3. The second kappa shape index (κ2) is 6.31. The lowest BCUT2D eigenvalue weighted by Crippen LogP contribution is -2.49. The van der Waals surface area contributed by atoms with Gasteiger partial charge in [-0.05, 0) is 26.3 Å². The molecule has 1 amide bonds. The Hall–Kier alpha value is -2.15. The van der Waals surface area contributed by atoms with Crippen LogP contribution < -0.4 is 5.32 Å². The molecule has 1 aliphatic heterocycles. The van der Waals surface area contributed by atoms with Crippen molar-refractivity contribution < 1.29 is 14.5 Å². The lowest BCUT2D eigenvalue weighted by Gasteiger charge is -2.35. The molecule has 0 aromatic heterocycles. The monoisotopic (exact) mass is 307 g/mol. The number of rotatable bonds is 2. The lowest BCUT2D eigenvalue weighted by atomic mass is 10.0. The minimum Gasteiger partial charge on any atom is -0.444 e. The van der Waals surface area contributed by atoms with Gasteiger partial charge >= 0.3 is 6.09 Å². The number of amides is 1. The first-order valence-corrected chi connectivity index (χ1v) is 7.22. The maximum absolute atomic E-state index is 12.1. The molecule has 0 radical (unpaired) electrons. The van der Waals surface area contributed by atoms with E-state index in [4.69, 9.17) is 4.74 Å². The normalized spacial score (nSPS) is 18.9. The second-order valence-corrected chi connectivity index (χ2v) is 6.29. The Bertz CT molecular complexity index is 568. The molecule has 2 rings (SSSR count). The van der Waals surface area contributed by atoms with E-state index in [1.54, 1.807) is 11.0 Å². The van der Waals surface area contributed by atoms with E-state index in [2.05, 4.69) is 5.32 Å². The Balaban J connectivity index is 2.09. The topological polar surface area (TPSA) is 84.7 Å². The Labute approximate surface area is 129 Å². The average molecular weight is 307 g/mol. The van der Waals surface area contributed by atoms with Crippen molar-refractivity contribution in [2.45, 2.75) is 32.4 Å². The maximum Gasteiger partial charge on any atom is 0.410 e. The van der Waals surface area contributed by atoms with Crippen molar-refractivity contribution in [3.05, 3.63) is 39.9 Å². The molecule has 22 heavy (non-hydrogen) atoms. The summed E-state index contributed by atoms with van der Waals surface area (Å²) in [6.45, 7) is 7.07. The van der Waals surface area contributed by atoms with E-state index in [9.17, 15) is 14.9 Å². The van der Waals surface area contributed by atoms with Crippen LogP contribution in [0.15, 0.2) is 24.3 Å². The van der Waals surface area contributed by atoms with E-state index in [0.717, 1.165) is 5.56 Å². The van der Waals surface area contributed by atoms with E-state index >= 15 is 0 Å². The summed E-state index contributed by atoms with van der Waals surface area (Å²) < 4.78 is 5.37.